The molecule has 3 fully saturated rings. The minimum atomic E-state index is -0.456. The van der Waals surface area contributed by atoms with Crippen LogP contribution in [-0.4, -0.2) is 57.8 Å². The van der Waals surface area contributed by atoms with Gasteiger partial charge in [0.05, 0.1) is 17.2 Å². The Kier molecular flexibility index (Phi) is 5.05. The average molecular weight is 417 g/mol. The van der Waals surface area contributed by atoms with Crippen LogP contribution in [0.3, 0.4) is 0 Å². The average Bonchev–Trinajstić information content (AvgIpc) is 3.14. The Labute approximate surface area is 180 Å². The quantitative estimate of drug-likeness (QED) is 0.689. The molecule has 3 heterocycles. The molecule has 2 saturated heterocycles. The van der Waals surface area contributed by atoms with E-state index >= 15 is 0 Å². The fourth-order valence-electron chi connectivity index (χ4n) is 4.80. The van der Waals surface area contributed by atoms with Gasteiger partial charge in [-0.05, 0) is 79.6 Å². The largest absolute Gasteiger partial charge is 0.498 e. The molecule has 0 aromatic carbocycles. The lowest BCUT2D eigenvalue weighted by molar-refractivity contribution is -0.0365. The van der Waals surface area contributed by atoms with E-state index in [1.165, 1.54) is 0 Å². The van der Waals surface area contributed by atoms with Crippen molar-refractivity contribution in [2.24, 2.45) is 5.41 Å². The standard InChI is InChI=1S/C22H36BN3O4/c1-19(2,3)28-18(27)25-10-8-9-22(15-25)11-17(12-22)26-14-16(13-24-26)23-29-20(4,5)21(6,7)30-23/h13-14,17H,8-12,15H2,1-7H3. The third-order valence-electron chi connectivity index (χ3n) is 7.17. The normalized spacial score (nSPS) is 30.4. The van der Waals surface area contributed by atoms with Crippen LogP contribution in [0.25, 0.3) is 0 Å². The summed E-state index contributed by atoms with van der Waals surface area (Å²) in [4.78, 5) is 14.4. The minimum absolute atomic E-state index is 0.188. The number of rotatable bonds is 2. The fraction of sp³-hybridized carbons (Fsp3) is 0.818. The minimum Gasteiger partial charge on any atom is -0.444 e. The lowest BCUT2D eigenvalue weighted by atomic mass is 9.61. The number of piperidine rings is 1. The van der Waals surface area contributed by atoms with Crippen LogP contribution in [0.5, 0.6) is 0 Å². The second kappa shape index (κ2) is 6.99. The van der Waals surface area contributed by atoms with Gasteiger partial charge in [0.2, 0.25) is 0 Å². The highest BCUT2D eigenvalue weighted by molar-refractivity contribution is 6.62. The van der Waals surface area contributed by atoms with Crippen molar-refractivity contribution in [2.75, 3.05) is 13.1 Å². The van der Waals surface area contributed by atoms with Crippen LogP contribution in [-0.2, 0) is 14.0 Å². The molecule has 0 radical (unpaired) electrons. The molecule has 166 valence electrons. The van der Waals surface area contributed by atoms with Gasteiger partial charge in [-0.15, -0.1) is 0 Å². The molecule has 1 saturated carbocycles. The van der Waals surface area contributed by atoms with Crippen molar-refractivity contribution >= 4 is 18.7 Å². The zero-order chi connectivity index (χ0) is 21.9. The summed E-state index contributed by atoms with van der Waals surface area (Å²) in [5.74, 6) is 0. The van der Waals surface area contributed by atoms with Crippen LogP contribution < -0.4 is 5.46 Å². The number of carbonyl (C=O) groups excluding carboxylic acids is 1. The molecule has 1 aromatic rings. The Hall–Kier alpha value is -1.54. The van der Waals surface area contributed by atoms with E-state index in [-0.39, 0.29) is 29.8 Å². The third-order valence-corrected chi connectivity index (χ3v) is 7.17. The highest BCUT2D eigenvalue weighted by atomic mass is 16.7. The Morgan fingerprint density at radius 1 is 1.20 bits per heavy atom. The topological polar surface area (TPSA) is 65.8 Å². The van der Waals surface area contributed by atoms with E-state index in [0.29, 0.717) is 6.04 Å². The third kappa shape index (κ3) is 4.00. The first-order chi connectivity index (χ1) is 13.8. The summed E-state index contributed by atoms with van der Waals surface area (Å²) in [6.07, 6.45) is 8.01. The lowest BCUT2D eigenvalue weighted by Gasteiger charge is -2.52. The number of aromatic nitrogens is 2. The smallest absolute Gasteiger partial charge is 0.444 e. The molecule has 1 amide bonds. The van der Waals surface area contributed by atoms with Gasteiger partial charge < -0.3 is 18.9 Å². The van der Waals surface area contributed by atoms with Gasteiger partial charge in [0.1, 0.15) is 5.60 Å². The summed E-state index contributed by atoms with van der Waals surface area (Å²) in [7, 11) is -0.380. The molecular weight excluding hydrogens is 381 g/mol. The van der Waals surface area contributed by atoms with Crippen molar-refractivity contribution in [3.8, 4) is 0 Å². The van der Waals surface area contributed by atoms with Crippen molar-refractivity contribution in [3.05, 3.63) is 12.4 Å². The first-order valence-electron chi connectivity index (χ1n) is 11.2. The van der Waals surface area contributed by atoms with Crippen LogP contribution in [0.4, 0.5) is 4.79 Å². The number of hydrogen-bond acceptors (Lipinski definition) is 5. The first kappa shape index (κ1) is 21.7. The Morgan fingerprint density at radius 3 is 2.43 bits per heavy atom. The monoisotopic (exact) mass is 417 g/mol. The van der Waals surface area contributed by atoms with E-state index in [9.17, 15) is 4.79 Å². The molecular formula is C22H36BN3O4. The molecule has 7 nitrogen and oxygen atoms in total. The molecule has 1 spiro atoms. The van der Waals surface area contributed by atoms with Crippen molar-refractivity contribution in [1.29, 1.82) is 0 Å². The maximum absolute atomic E-state index is 12.5. The fourth-order valence-corrected chi connectivity index (χ4v) is 4.80. The van der Waals surface area contributed by atoms with Crippen LogP contribution in [0, 0.1) is 5.41 Å². The Balaban J connectivity index is 1.36. The van der Waals surface area contributed by atoms with Gasteiger partial charge in [0.15, 0.2) is 0 Å². The van der Waals surface area contributed by atoms with Gasteiger partial charge in [-0.1, -0.05) is 0 Å². The molecule has 3 aliphatic rings. The Bertz CT molecular complexity index is 792. The summed E-state index contributed by atoms with van der Waals surface area (Å²) < 4.78 is 19.9. The second-order valence-corrected chi connectivity index (χ2v) is 11.4. The molecule has 1 aliphatic carbocycles. The van der Waals surface area contributed by atoms with Crippen LogP contribution in [0.15, 0.2) is 12.4 Å². The van der Waals surface area contributed by atoms with Crippen molar-refractivity contribution in [3.63, 3.8) is 0 Å². The predicted octanol–water partition coefficient (Wildman–Crippen LogP) is 3.53. The SMILES string of the molecule is CC(C)(C)OC(=O)N1CCCC2(CC(n3cc(B4OC(C)(C)C(C)(C)O4)cn3)C2)C1. The van der Waals surface area contributed by atoms with Crippen molar-refractivity contribution < 1.29 is 18.8 Å². The van der Waals surface area contributed by atoms with Crippen LogP contribution in [0.1, 0.15) is 80.2 Å². The molecule has 2 aliphatic heterocycles. The zero-order valence-corrected chi connectivity index (χ0v) is 19.5. The molecule has 8 heteroatoms. The van der Waals surface area contributed by atoms with E-state index in [4.69, 9.17) is 14.0 Å². The van der Waals surface area contributed by atoms with E-state index in [2.05, 4.69) is 43.7 Å². The number of nitrogens with zero attached hydrogens (tertiary/aromatic N) is 3. The highest BCUT2D eigenvalue weighted by Crippen LogP contribution is 2.53. The van der Waals surface area contributed by atoms with Gasteiger partial charge in [-0.2, -0.15) is 5.10 Å². The highest BCUT2D eigenvalue weighted by Gasteiger charge is 2.53. The Morgan fingerprint density at radius 2 is 1.83 bits per heavy atom. The molecule has 0 N–H and O–H groups in total. The molecule has 0 atom stereocenters. The van der Waals surface area contributed by atoms with Gasteiger partial charge >= 0.3 is 13.2 Å². The van der Waals surface area contributed by atoms with Crippen LogP contribution in [0.2, 0.25) is 0 Å². The first-order valence-corrected chi connectivity index (χ1v) is 11.2. The van der Waals surface area contributed by atoms with E-state index in [1.807, 2.05) is 31.9 Å². The molecule has 4 rings (SSSR count). The second-order valence-electron chi connectivity index (χ2n) is 11.4. The number of amides is 1. The maximum Gasteiger partial charge on any atom is 0.498 e. The lowest BCUT2D eigenvalue weighted by Crippen LogP contribution is -2.53. The van der Waals surface area contributed by atoms with Gasteiger partial charge in [0, 0.05) is 30.9 Å². The van der Waals surface area contributed by atoms with E-state index < -0.39 is 5.60 Å². The number of hydrogen-bond donors (Lipinski definition) is 0. The summed E-state index contributed by atoms with van der Waals surface area (Å²) in [6, 6.07) is 0.361. The summed E-state index contributed by atoms with van der Waals surface area (Å²) in [6.45, 7) is 15.6. The predicted molar refractivity (Wildman–Crippen MR) is 116 cm³/mol. The number of ether oxygens (including phenoxy) is 1. The summed E-state index contributed by atoms with van der Waals surface area (Å²) in [5, 5.41) is 4.61. The van der Waals surface area contributed by atoms with E-state index in [0.717, 1.165) is 44.2 Å². The van der Waals surface area contributed by atoms with Crippen molar-refractivity contribution in [1.82, 2.24) is 14.7 Å². The van der Waals surface area contributed by atoms with Gasteiger partial charge in [-0.3, -0.25) is 4.68 Å². The van der Waals surface area contributed by atoms with Gasteiger partial charge in [0.25, 0.3) is 0 Å². The molecule has 0 unspecified atom stereocenters. The van der Waals surface area contributed by atoms with Crippen LogP contribution >= 0.6 is 0 Å². The number of likely N-dealkylation sites (tertiary alicyclic amines) is 1. The van der Waals surface area contributed by atoms with Gasteiger partial charge in [-0.25, -0.2) is 4.79 Å². The summed E-state index contributed by atoms with van der Waals surface area (Å²) in [5.41, 5.74) is -0.00578. The molecule has 30 heavy (non-hydrogen) atoms. The summed E-state index contributed by atoms with van der Waals surface area (Å²) >= 11 is 0. The van der Waals surface area contributed by atoms with Crippen molar-refractivity contribution in [2.45, 2.75) is 97.0 Å². The molecule has 1 aromatic heterocycles. The maximum atomic E-state index is 12.5. The number of carbonyl (C=O) groups is 1. The molecule has 0 bridgehead atoms. The zero-order valence-electron chi connectivity index (χ0n) is 19.5. The van der Waals surface area contributed by atoms with E-state index in [1.54, 1.807) is 0 Å².